The van der Waals surface area contributed by atoms with Gasteiger partial charge >= 0.3 is 0 Å². The Morgan fingerprint density at radius 2 is 2.27 bits per heavy atom. The van der Waals surface area contributed by atoms with E-state index in [2.05, 4.69) is 11.9 Å². The van der Waals surface area contributed by atoms with E-state index in [1.165, 1.54) is 19.3 Å². The van der Waals surface area contributed by atoms with E-state index in [1.807, 2.05) is 0 Å². The predicted molar refractivity (Wildman–Crippen MR) is 43.3 cm³/mol. The molecule has 64 valence electrons. The second-order valence-corrected chi connectivity index (χ2v) is 4.18. The highest BCUT2D eigenvalue weighted by Crippen LogP contribution is 2.46. The van der Waals surface area contributed by atoms with Crippen LogP contribution < -0.4 is 0 Å². The van der Waals surface area contributed by atoms with Crippen molar-refractivity contribution in [1.82, 2.24) is 4.90 Å². The maximum absolute atomic E-state index is 12.3. The third kappa shape index (κ3) is 0.994. The Bertz CT molecular complexity index is 154. The molecule has 1 spiro atoms. The molecule has 0 unspecified atom stereocenters. The number of alkyl halides is 1. The molecular weight excluding hydrogens is 141 g/mol. The molecule has 1 heterocycles. The summed E-state index contributed by atoms with van der Waals surface area (Å²) in [6.07, 6.45) is 5.07. The first-order valence-corrected chi connectivity index (χ1v) is 4.54. The van der Waals surface area contributed by atoms with Crippen molar-refractivity contribution in [3.05, 3.63) is 0 Å². The van der Waals surface area contributed by atoms with Gasteiger partial charge in [-0.05, 0) is 32.7 Å². The molecule has 0 aromatic heterocycles. The molecule has 2 aliphatic rings. The van der Waals surface area contributed by atoms with Gasteiger partial charge in [-0.25, -0.2) is 0 Å². The highest BCUT2D eigenvalue weighted by atomic mass is 19.1. The highest BCUT2D eigenvalue weighted by molar-refractivity contribution is 5.03. The van der Waals surface area contributed by atoms with Gasteiger partial charge in [-0.15, -0.1) is 0 Å². The van der Waals surface area contributed by atoms with Crippen LogP contribution >= 0.6 is 0 Å². The zero-order valence-electron chi connectivity index (χ0n) is 7.15. The van der Waals surface area contributed by atoms with Crippen LogP contribution in [0, 0.1) is 5.92 Å². The number of likely N-dealkylation sites (tertiary alicyclic amines) is 1. The van der Waals surface area contributed by atoms with Crippen LogP contribution in [0.4, 0.5) is 4.39 Å². The molecule has 1 nitrogen and oxygen atoms in total. The Kier molecular flexibility index (Phi) is 1.67. The van der Waals surface area contributed by atoms with Crippen molar-refractivity contribution in [3.63, 3.8) is 0 Å². The minimum atomic E-state index is -0.119. The van der Waals surface area contributed by atoms with E-state index in [0.717, 1.165) is 13.0 Å². The Morgan fingerprint density at radius 3 is 2.55 bits per heavy atom. The number of hydrogen-bond donors (Lipinski definition) is 0. The fourth-order valence-electron chi connectivity index (χ4n) is 2.61. The van der Waals surface area contributed by atoms with Crippen molar-refractivity contribution in [3.8, 4) is 0 Å². The van der Waals surface area contributed by atoms with Gasteiger partial charge in [-0.1, -0.05) is 0 Å². The van der Waals surface area contributed by atoms with Crippen LogP contribution in [0.25, 0.3) is 0 Å². The summed E-state index contributed by atoms with van der Waals surface area (Å²) in [5.74, 6) is 0.334. The van der Waals surface area contributed by atoms with E-state index in [9.17, 15) is 4.39 Å². The maximum atomic E-state index is 12.3. The first kappa shape index (κ1) is 7.53. The Morgan fingerprint density at radius 1 is 1.55 bits per heavy atom. The maximum Gasteiger partial charge on any atom is 0.0935 e. The molecule has 2 heteroatoms. The Balaban J connectivity index is 2.02. The molecule has 2 rings (SSSR count). The van der Waals surface area contributed by atoms with Gasteiger partial charge in [0.15, 0.2) is 0 Å². The van der Waals surface area contributed by atoms with Crippen molar-refractivity contribution in [2.75, 3.05) is 20.3 Å². The van der Waals surface area contributed by atoms with Gasteiger partial charge in [0, 0.05) is 18.0 Å². The van der Waals surface area contributed by atoms with Crippen LogP contribution in [-0.2, 0) is 0 Å². The zero-order chi connectivity index (χ0) is 7.90. The van der Waals surface area contributed by atoms with E-state index in [0.29, 0.717) is 11.5 Å². The molecular formula is C9H16FN. The number of nitrogens with zero attached hydrogens (tertiary/aromatic N) is 1. The van der Waals surface area contributed by atoms with Crippen LogP contribution in [0.2, 0.25) is 0 Å². The molecule has 1 saturated heterocycles. The molecule has 0 N–H and O–H groups in total. The fraction of sp³-hybridized carbons (Fsp3) is 1.00. The Hall–Kier alpha value is -0.110. The molecule has 0 radical (unpaired) electrons. The molecule has 11 heavy (non-hydrogen) atoms. The molecule has 1 aliphatic heterocycles. The van der Waals surface area contributed by atoms with Crippen molar-refractivity contribution >= 4 is 0 Å². The standard InChI is InChI=1S/C9H16FN/c1-11-7-8(6-10)5-9(11)3-2-4-9/h8H,2-7H2,1H3/t8-/m1/s1. The lowest BCUT2D eigenvalue weighted by Crippen LogP contribution is -2.46. The lowest BCUT2D eigenvalue weighted by atomic mass is 9.74. The quantitative estimate of drug-likeness (QED) is 0.561. The van der Waals surface area contributed by atoms with Crippen molar-refractivity contribution in [1.29, 1.82) is 0 Å². The van der Waals surface area contributed by atoms with E-state index < -0.39 is 0 Å². The van der Waals surface area contributed by atoms with Crippen molar-refractivity contribution in [2.45, 2.75) is 31.2 Å². The molecule has 0 bridgehead atoms. The van der Waals surface area contributed by atoms with Crippen LogP contribution in [0.5, 0.6) is 0 Å². The molecule has 1 saturated carbocycles. The van der Waals surface area contributed by atoms with Gasteiger partial charge < -0.3 is 4.90 Å². The molecule has 0 aromatic carbocycles. The largest absolute Gasteiger partial charge is 0.300 e. The second kappa shape index (κ2) is 2.44. The van der Waals surface area contributed by atoms with Gasteiger partial charge in [0.25, 0.3) is 0 Å². The molecule has 0 amide bonds. The van der Waals surface area contributed by atoms with Crippen LogP contribution in [0.1, 0.15) is 25.7 Å². The molecule has 2 fully saturated rings. The molecule has 0 aromatic rings. The predicted octanol–water partition coefficient (Wildman–Crippen LogP) is 1.83. The normalized spacial score (nSPS) is 36.0. The third-order valence-electron chi connectivity index (χ3n) is 3.51. The zero-order valence-corrected chi connectivity index (χ0v) is 7.15. The average Bonchev–Trinajstić information content (AvgIpc) is 2.25. The first-order valence-electron chi connectivity index (χ1n) is 4.54. The van der Waals surface area contributed by atoms with Crippen LogP contribution in [-0.4, -0.2) is 30.7 Å². The van der Waals surface area contributed by atoms with E-state index in [1.54, 1.807) is 0 Å². The SMILES string of the molecule is CN1C[C@@H](CF)CC12CCC2. The van der Waals surface area contributed by atoms with Crippen molar-refractivity contribution < 1.29 is 4.39 Å². The van der Waals surface area contributed by atoms with E-state index >= 15 is 0 Å². The summed E-state index contributed by atoms with van der Waals surface area (Å²) >= 11 is 0. The highest BCUT2D eigenvalue weighted by Gasteiger charge is 2.47. The van der Waals surface area contributed by atoms with Gasteiger partial charge in [0.2, 0.25) is 0 Å². The number of halogens is 1. The summed E-state index contributed by atoms with van der Waals surface area (Å²) in [5.41, 5.74) is 0.441. The minimum absolute atomic E-state index is 0.119. The van der Waals surface area contributed by atoms with Crippen molar-refractivity contribution in [2.24, 2.45) is 5.92 Å². The minimum Gasteiger partial charge on any atom is -0.300 e. The first-order chi connectivity index (χ1) is 5.27. The summed E-state index contributed by atoms with van der Waals surface area (Å²) in [4.78, 5) is 2.38. The second-order valence-electron chi connectivity index (χ2n) is 4.18. The summed E-state index contributed by atoms with van der Waals surface area (Å²) in [5, 5.41) is 0. The number of hydrogen-bond acceptors (Lipinski definition) is 1. The van der Waals surface area contributed by atoms with Crippen LogP contribution in [0.15, 0.2) is 0 Å². The Labute approximate surface area is 67.6 Å². The molecule has 1 atom stereocenters. The van der Waals surface area contributed by atoms with Gasteiger partial charge in [0.05, 0.1) is 6.67 Å². The van der Waals surface area contributed by atoms with E-state index in [4.69, 9.17) is 0 Å². The monoisotopic (exact) mass is 157 g/mol. The average molecular weight is 157 g/mol. The topological polar surface area (TPSA) is 3.24 Å². The summed E-state index contributed by atoms with van der Waals surface area (Å²) in [7, 11) is 2.15. The smallest absolute Gasteiger partial charge is 0.0935 e. The lowest BCUT2D eigenvalue weighted by molar-refractivity contribution is 0.0799. The van der Waals surface area contributed by atoms with Gasteiger partial charge in [-0.3, -0.25) is 4.39 Å². The van der Waals surface area contributed by atoms with E-state index in [-0.39, 0.29) is 6.67 Å². The summed E-state index contributed by atoms with van der Waals surface area (Å²) < 4.78 is 12.3. The lowest BCUT2D eigenvalue weighted by Gasteiger charge is -2.44. The van der Waals surface area contributed by atoms with Crippen LogP contribution in [0.3, 0.4) is 0 Å². The summed E-state index contributed by atoms with van der Waals surface area (Å²) in [6.45, 7) is 0.864. The molecule has 1 aliphatic carbocycles. The van der Waals surface area contributed by atoms with Gasteiger partial charge in [-0.2, -0.15) is 0 Å². The third-order valence-corrected chi connectivity index (χ3v) is 3.51. The number of rotatable bonds is 1. The summed E-state index contributed by atoms with van der Waals surface area (Å²) in [6, 6.07) is 0. The van der Waals surface area contributed by atoms with Gasteiger partial charge in [0.1, 0.15) is 0 Å². The fourth-order valence-corrected chi connectivity index (χ4v) is 2.61.